The van der Waals surface area contributed by atoms with E-state index < -0.39 is 12.0 Å². The minimum absolute atomic E-state index is 0. The highest BCUT2D eigenvalue weighted by Gasteiger charge is 2.08. The molecule has 0 spiro atoms. The second-order valence-electron chi connectivity index (χ2n) is 2.40. The highest BCUT2D eigenvalue weighted by atomic mass is 127. The maximum Gasteiger partial charge on any atom is 0.109 e. The van der Waals surface area contributed by atoms with E-state index in [0.29, 0.717) is 6.42 Å². The fraction of sp³-hybridized carbons (Fsp3) is 0.833. The normalized spacial score (nSPS) is 12.4. The molecule has 0 amide bonds. The van der Waals surface area contributed by atoms with Gasteiger partial charge in [0.05, 0.1) is 18.5 Å². The summed E-state index contributed by atoms with van der Waals surface area (Å²) in [5.74, 6) is -0.278. The number of carboxylic acids is 1. The first-order valence-electron chi connectivity index (χ1n) is 3.04. The highest BCUT2D eigenvalue weighted by molar-refractivity contribution is 14.0. The third kappa shape index (κ3) is 8.42. The van der Waals surface area contributed by atoms with E-state index in [1.807, 2.05) is 0 Å². The van der Waals surface area contributed by atoms with Crippen molar-refractivity contribution in [2.24, 2.45) is 5.73 Å². The molecular formula is C6H14INO2S. The van der Waals surface area contributed by atoms with Gasteiger partial charge < -0.3 is 15.6 Å². The van der Waals surface area contributed by atoms with Crippen molar-refractivity contribution >= 4 is 40.8 Å². The summed E-state index contributed by atoms with van der Waals surface area (Å²) in [4.78, 5) is 10.1. The topological polar surface area (TPSA) is 66.2 Å². The van der Waals surface area contributed by atoms with Crippen LogP contribution in [-0.4, -0.2) is 30.3 Å². The maximum atomic E-state index is 10.1. The van der Waals surface area contributed by atoms with E-state index in [9.17, 15) is 9.90 Å². The number of nitrogens with two attached hydrogens (primary N) is 1. The van der Waals surface area contributed by atoms with Crippen molar-refractivity contribution in [1.82, 2.24) is 0 Å². The fourth-order valence-electron chi connectivity index (χ4n) is 0.481. The molecule has 68 valence electrons. The molecule has 5 heteroatoms. The highest BCUT2D eigenvalue weighted by Crippen LogP contribution is 1.92. The van der Waals surface area contributed by atoms with Crippen LogP contribution in [0.4, 0.5) is 0 Å². The van der Waals surface area contributed by atoms with Crippen LogP contribution in [0.5, 0.6) is 0 Å². The van der Waals surface area contributed by atoms with Crippen LogP contribution >= 0.6 is 24.0 Å². The summed E-state index contributed by atoms with van der Waals surface area (Å²) in [6, 6.07) is -0.783. The smallest absolute Gasteiger partial charge is 0.109 e. The molecule has 0 fully saturated rings. The zero-order chi connectivity index (χ0) is 8.15. The number of carboxylic acid groups (broad SMARTS) is 1. The minimum Gasteiger partial charge on any atom is -0.548 e. The maximum absolute atomic E-state index is 10.1. The van der Waals surface area contributed by atoms with Gasteiger partial charge in [-0.1, -0.05) is 0 Å². The van der Waals surface area contributed by atoms with Crippen LogP contribution in [0.25, 0.3) is 0 Å². The van der Waals surface area contributed by atoms with Crippen LogP contribution in [0, 0.1) is 0 Å². The van der Waals surface area contributed by atoms with Crippen molar-refractivity contribution in [3.8, 4) is 0 Å². The Kier molecular flexibility index (Phi) is 9.17. The molecule has 0 radical (unpaired) electrons. The summed E-state index contributed by atoms with van der Waals surface area (Å²) in [6.07, 6.45) is 4.64. The minimum atomic E-state index is -1.15. The zero-order valence-electron chi connectivity index (χ0n) is 6.70. The molecule has 0 aliphatic rings. The average molecular weight is 291 g/mol. The summed E-state index contributed by atoms with van der Waals surface area (Å²) in [5, 5.41) is 10.1. The monoisotopic (exact) mass is 291 g/mol. The average Bonchev–Trinajstić information content (AvgIpc) is 1.82. The first-order valence-corrected chi connectivity index (χ1v) is 5.25. The van der Waals surface area contributed by atoms with E-state index in [1.165, 1.54) is 0 Å². The van der Waals surface area contributed by atoms with Crippen molar-refractivity contribution in [2.45, 2.75) is 12.5 Å². The van der Waals surface area contributed by atoms with E-state index in [1.54, 1.807) is 0 Å². The lowest BCUT2D eigenvalue weighted by molar-refractivity contribution is -0.307. The molecule has 0 aliphatic heterocycles. The van der Waals surface area contributed by atoms with Gasteiger partial charge in [-0.05, 0) is 10.9 Å². The fourth-order valence-corrected chi connectivity index (χ4v) is 1.21. The Labute approximate surface area is 87.1 Å². The first-order chi connectivity index (χ1) is 4.54. The second kappa shape index (κ2) is 7.17. The van der Waals surface area contributed by atoms with Crippen LogP contribution in [-0.2, 0) is 15.7 Å². The summed E-state index contributed by atoms with van der Waals surface area (Å²) in [7, 11) is 0.276. The molecular weight excluding hydrogens is 277 g/mol. The van der Waals surface area contributed by atoms with E-state index in [2.05, 4.69) is 12.5 Å². The van der Waals surface area contributed by atoms with Crippen LogP contribution < -0.4 is 10.8 Å². The van der Waals surface area contributed by atoms with Crippen LogP contribution in [0.1, 0.15) is 6.42 Å². The number of hydrogen-bond donors (Lipinski definition) is 1. The van der Waals surface area contributed by atoms with Gasteiger partial charge in [0, 0.05) is 12.5 Å². The Bertz CT molecular complexity index is 121. The summed E-state index contributed by atoms with van der Waals surface area (Å²) < 4.78 is 0. The number of rotatable bonds is 4. The molecule has 1 atom stereocenters. The van der Waals surface area contributed by atoms with Gasteiger partial charge in [0.25, 0.3) is 0 Å². The molecule has 0 aliphatic carbocycles. The largest absolute Gasteiger partial charge is 0.548 e. The lowest BCUT2D eigenvalue weighted by atomic mass is 10.2. The predicted octanol–water partition coefficient (Wildman–Crippen LogP) is -1.05. The standard InChI is InChI=1S/C6H13NO2S.HI/c1-10(2)4-3-5(7)6(8)9;/h5H,3-4,7H2,1-2H3;1H/t5-;/m0./s1. The summed E-state index contributed by atoms with van der Waals surface area (Å²) in [5.41, 5.74) is 5.21. The Morgan fingerprint density at radius 1 is 1.64 bits per heavy atom. The lowest BCUT2D eigenvalue weighted by Crippen LogP contribution is -2.42. The number of halogens is 1. The number of aliphatic carboxylic acids is 1. The molecule has 0 saturated heterocycles. The second-order valence-corrected chi connectivity index (χ2v) is 4.78. The Morgan fingerprint density at radius 3 is 2.36 bits per heavy atom. The van der Waals surface area contributed by atoms with E-state index in [-0.39, 0.29) is 34.9 Å². The molecule has 0 rings (SSSR count). The van der Waals surface area contributed by atoms with Crippen LogP contribution in [0.15, 0.2) is 0 Å². The van der Waals surface area contributed by atoms with Crippen molar-refractivity contribution in [1.29, 1.82) is 0 Å². The number of carbonyl (C=O) groups excluding carboxylic acids is 1. The van der Waals surface area contributed by atoms with Gasteiger partial charge in [0.2, 0.25) is 0 Å². The van der Waals surface area contributed by atoms with Gasteiger partial charge in [-0.2, -0.15) is 0 Å². The van der Waals surface area contributed by atoms with Gasteiger partial charge in [0.15, 0.2) is 0 Å². The third-order valence-corrected chi connectivity index (χ3v) is 2.19. The van der Waals surface area contributed by atoms with E-state index in [0.717, 1.165) is 5.75 Å². The Balaban J connectivity index is 0. The third-order valence-electron chi connectivity index (χ3n) is 1.14. The molecule has 0 aromatic carbocycles. The number of carbonyl (C=O) groups is 1. The molecule has 0 saturated carbocycles. The zero-order valence-corrected chi connectivity index (χ0v) is 9.85. The SMILES string of the molecule is C[S+](C)CC[C@H](N)C(=O)[O-].I. The van der Waals surface area contributed by atoms with Crippen LogP contribution in [0.2, 0.25) is 0 Å². The van der Waals surface area contributed by atoms with Gasteiger partial charge in [0.1, 0.15) is 5.75 Å². The van der Waals surface area contributed by atoms with Crippen molar-refractivity contribution in [3.05, 3.63) is 0 Å². The first kappa shape index (κ1) is 14.1. The van der Waals surface area contributed by atoms with E-state index >= 15 is 0 Å². The molecule has 11 heavy (non-hydrogen) atoms. The van der Waals surface area contributed by atoms with Crippen LogP contribution in [0.3, 0.4) is 0 Å². The molecule has 2 N–H and O–H groups in total. The summed E-state index contributed by atoms with van der Waals surface area (Å²) >= 11 is 0. The molecule has 0 bridgehead atoms. The molecule has 0 aromatic heterocycles. The molecule has 0 aromatic rings. The van der Waals surface area contributed by atoms with Crippen molar-refractivity contribution in [2.75, 3.05) is 18.3 Å². The Hall–Kier alpha value is 0.510. The Morgan fingerprint density at radius 2 is 2.09 bits per heavy atom. The van der Waals surface area contributed by atoms with E-state index in [4.69, 9.17) is 5.73 Å². The quantitative estimate of drug-likeness (QED) is 0.531. The predicted molar refractivity (Wildman–Crippen MR) is 57.1 cm³/mol. The van der Waals surface area contributed by atoms with Gasteiger partial charge in [-0.15, -0.1) is 24.0 Å². The molecule has 0 heterocycles. The number of hydrogen-bond acceptors (Lipinski definition) is 3. The van der Waals surface area contributed by atoms with Gasteiger partial charge in [-0.25, -0.2) is 0 Å². The lowest BCUT2D eigenvalue weighted by Gasteiger charge is -2.09. The van der Waals surface area contributed by atoms with Crippen molar-refractivity contribution in [3.63, 3.8) is 0 Å². The molecule has 0 unspecified atom stereocenters. The summed E-state index contributed by atoms with van der Waals surface area (Å²) in [6.45, 7) is 0. The van der Waals surface area contributed by atoms with Crippen molar-refractivity contribution < 1.29 is 9.90 Å². The molecule has 3 nitrogen and oxygen atoms in total. The van der Waals surface area contributed by atoms with Gasteiger partial charge >= 0.3 is 0 Å². The van der Waals surface area contributed by atoms with Gasteiger partial charge in [-0.3, -0.25) is 0 Å².